The molecule has 1 aliphatic rings. The van der Waals surface area contributed by atoms with Crippen LogP contribution in [0.2, 0.25) is 5.02 Å². The number of carbonyl (C=O) groups is 2. The third-order valence-corrected chi connectivity index (χ3v) is 6.27. The highest BCUT2D eigenvalue weighted by Crippen LogP contribution is 2.40. The number of hydrogen-bond acceptors (Lipinski definition) is 5. The van der Waals surface area contributed by atoms with Crippen molar-refractivity contribution in [3.05, 3.63) is 75.2 Å². The van der Waals surface area contributed by atoms with Gasteiger partial charge in [-0.15, -0.1) is 11.3 Å². The molecule has 170 valence electrons. The van der Waals surface area contributed by atoms with E-state index in [9.17, 15) is 14.0 Å². The summed E-state index contributed by atoms with van der Waals surface area (Å²) < 4.78 is 15.0. The standard InChI is InChI=1S/C24H22ClFN4O2S/c1-29(2)13-21(31)30(3)19-9-7-15(12-17(19)26)27-23(20-5-4-10-33-20)22-16-8-6-14(25)11-18(16)28-24(22)32/h4-12,27H,13H2,1-3H3,(H,28,32). The lowest BCUT2D eigenvalue weighted by molar-refractivity contribution is -0.119. The van der Waals surface area contributed by atoms with Crippen LogP contribution < -0.4 is 15.5 Å². The summed E-state index contributed by atoms with van der Waals surface area (Å²) in [5.41, 5.74) is 2.99. The van der Waals surface area contributed by atoms with Gasteiger partial charge in [0.05, 0.1) is 34.1 Å². The number of nitrogens with zero attached hydrogens (tertiary/aromatic N) is 2. The van der Waals surface area contributed by atoms with Crippen LogP contribution in [0.3, 0.4) is 0 Å². The maximum Gasteiger partial charge on any atom is 0.258 e. The van der Waals surface area contributed by atoms with Gasteiger partial charge in [-0.2, -0.15) is 0 Å². The molecule has 4 rings (SSSR count). The molecule has 3 aromatic rings. The highest BCUT2D eigenvalue weighted by Gasteiger charge is 2.29. The molecular weight excluding hydrogens is 463 g/mol. The summed E-state index contributed by atoms with van der Waals surface area (Å²) in [5, 5.41) is 8.49. The van der Waals surface area contributed by atoms with Crippen molar-refractivity contribution in [2.24, 2.45) is 0 Å². The van der Waals surface area contributed by atoms with Gasteiger partial charge in [-0.1, -0.05) is 23.7 Å². The molecule has 0 spiro atoms. The maximum atomic E-state index is 15.0. The van der Waals surface area contributed by atoms with Gasteiger partial charge in [0.25, 0.3) is 5.91 Å². The van der Waals surface area contributed by atoms with E-state index < -0.39 is 5.82 Å². The molecule has 0 saturated heterocycles. The van der Waals surface area contributed by atoms with Gasteiger partial charge < -0.3 is 20.4 Å². The molecule has 1 aliphatic heterocycles. The fourth-order valence-corrected chi connectivity index (χ4v) is 4.48. The highest BCUT2D eigenvalue weighted by molar-refractivity contribution is 7.11. The molecule has 0 unspecified atom stereocenters. The Labute approximate surface area is 200 Å². The van der Waals surface area contributed by atoms with Crippen LogP contribution in [-0.2, 0) is 9.59 Å². The summed E-state index contributed by atoms with van der Waals surface area (Å²) in [6, 6.07) is 13.5. The van der Waals surface area contributed by atoms with Crippen LogP contribution in [0.5, 0.6) is 0 Å². The number of amides is 2. The third kappa shape index (κ3) is 4.78. The average Bonchev–Trinajstić information content (AvgIpc) is 3.38. The minimum absolute atomic E-state index is 0.170. The number of hydrogen-bond donors (Lipinski definition) is 2. The number of benzene rings is 2. The van der Waals surface area contributed by atoms with Crippen molar-refractivity contribution in [1.82, 2.24) is 4.90 Å². The monoisotopic (exact) mass is 484 g/mol. The molecule has 0 aliphatic carbocycles. The smallest absolute Gasteiger partial charge is 0.258 e. The Kier molecular flexibility index (Phi) is 6.51. The summed E-state index contributed by atoms with van der Waals surface area (Å²) in [6.45, 7) is 0.170. The second-order valence-electron chi connectivity index (χ2n) is 7.85. The first-order valence-corrected chi connectivity index (χ1v) is 11.4. The summed E-state index contributed by atoms with van der Waals surface area (Å²) in [4.78, 5) is 29.0. The van der Waals surface area contributed by atoms with E-state index in [0.717, 1.165) is 4.88 Å². The van der Waals surface area contributed by atoms with Crippen molar-refractivity contribution in [3.8, 4) is 0 Å². The van der Waals surface area contributed by atoms with E-state index in [-0.39, 0.29) is 24.0 Å². The van der Waals surface area contributed by atoms with Crippen LogP contribution in [0.1, 0.15) is 10.4 Å². The second kappa shape index (κ2) is 9.35. The van der Waals surface area contributed by atoms with Gasteiger partial charge in [-0.05, 0) is 55.9 Å². The second-order valence-corrected chi connectivity index (χ2v) is 9.24. The van der Waals surface area contributed by atoms with Crippen molar-refractivity contribution < 1.29 is 14.0 Å². The van der Waals surface area contributed by atoms with E-state index in [1.807, 2.05) is 17.5 Å². The minimum Gasteiger partial charge on any atom is -0.354 e. The number of likely N-dealkylation sites (N-methyl/N-ethyl adjacent to an activating group) is 2. The molecule has 0 atom stereocenters. The van der Waals surface area contributed by atoms with Crippen LogP contribution in [-0.4, -0.2) is 44.4 Å². The van der Waals surface area contributed by atoms with Crippen molar-refractivity contribution in [2.45, 2.75) is 0 Å². The van der Waals surface area contributed by atoms with Gasteiger partial charge in [0.2, 0.25) is 5.91 Å². The third-order valence-electron chi connectivity index (χ3n) is 5.15. The lowest BCUT2D eigenvalue weighted by Crippen LogP contribution is -2.35. The first kappa shape index (κ1) is 23.0. The zero-order valence-corrected chi connectivity index (χ0v) is 19.9. The van der Waals surface area contributed by atoms with E-state index in [0.29, 0.717) is 33.2 Å². The van der Waals surface area contributed by atoms with Crippen LogP contribution >= 0.6 is 22.9 Å². The molecule has 0 fully saturated rings. The van der Waals surface area contributed by atoms with Gasteiger partial charge in [0.1, 0.15) is 5.82 Å². The predicted molar refractivity (Wildman–Crippen MR) is 133 cm³/mol. The number of halogens is 2. The average molecular weight is 485 g/mol. The Hall–Kier alpha value is -3.20. The normalized spacial score (nSPS) is 14.2. The SMILES string of the molecule is CN(C)CC(=O)N(C)c1ccc(NC(=C2C(=O)Nc3cc(Cl)ccc32)c2cccs2)cc1F. The number of fused-ring (bicyclic) bond motifs is 1. The van der Waals surface area contributed by atoms with Crippen molar-refractivity contribution >= 4 is 63.1 Å². The van der Waals surface area contributed by atoms with Crippen molar-refractivity contribution in [3.63, 3.8) is 0 Å². The summed E-state index contributed by atoms with van der Waals surface area (Å²) >= 11 is 7.54. The van der Waals surface area contributed by atoms with Gasteiger partial charge in [-0.25, -0.2) is 4.39 Å². The predicted octanol–water partition coefficient (Wildman–Crippen LogP) is 5.00. The summed E-state index contributed by atoms with van der Waals surface area (Å²) in [5.74, 6) is -1.04. The van der Waals surface area contributed by atoms with Crippen LogP contribution in [0, 0.1) is 5.82 Å². The fourth-order valence-electron chi connectivity index (χ4n) is 3.57. The highest BCUT2D eigenvalue weighted by atomic mass is 35.5. The molecule has 2 N–H and O–H groups in total. The molecular formula is C24H22ClFN4O2S. The van der Waals surface area contributed by atoms with E-state index >= 15 is 0 Å². The Balaban J connectivity index is 1.72. The minimum atomic E-state index is -0.548. The van der Waals surface area contributed by atoms with Gasteiger partial charge in [0, 0.05) is 23.3 Å². The molecule has 2 heterocycles. The maximum absolute atomic E-state index is 15.0. The Morgan fingerprint density at radius 3 is 2.61 bits per heavy atom. The molecule has 1 aromatic heterocycles. The van der Waals surface area contributed by atoms with Crippen molar-refractivity contribution in [2.75, 3.05) is 43.2 Å². The first-order chi connectivity index (χ1) is 15.7. The van der Waals surface area contributed by atoms with E-state index in [1.54, 1.807) is 56.4 Å². The lowest BCUT2D eigenvalue weighted by atomic mass is 10.0. The van der Waals surface area contributed by atoms with Crippen LogP contribution in [0.25, 0.3) is 11.3 Å². The molecule has 9 heteroatoms. The summed E-state index contributed by atoms with van der Waals surface area (Å²) in [7, 11) is 5.10. The first-order valence-electron chi connectivity index (χ1n) is 10.1. The number of carbonyl (C=O) groups excluding carboxylic acids is 2. The van der Waals surface area contributed by atoms with E-state index in [1.165, 1.54) is 22.3 Å². The topological polar surface area (TPSA) is 64.7 Å². The number of thiophene rings is 1. The Bertz CT molecular complexity index is 1260. The molecule has 6 nitrogen and oxygen atoms in total. The molecule has 33 heavy (non-hydrogen) atoms. The van der Waals surface area contributed by atoms with Gasteiger partial charge >= 0.3 is 0 Å². The van der Waals surface area contributed by atoms with Crippen molar-refractivity contribution in [1.29, 1.82) is 0 Å². The zero-order chi connectivity index (χ0) is 23.7. The Morgan fingerprint density at radius 1 is 1.15 bits per heavy atom. The van der Waals surface area contributed by atoms with Gasteiger partial charge in [0.15, 0.2) is 0 Å². The Morgan fingerprint density at radius 2 is 1.94 bits per heavy atom. The fraction of sp³-hybridized carbons (Fsp3) is 0.167. The van der Waals surface area contributed by atoms with E-state index in [2.05, 4.69) is 10.6 Å². The molecule has 2 amide bonds. The molecule has 0 bridgehead atoms. The zero-order valence-electron chi connectivity index (χ0n) is 18.3. The molecule has 2 aromatic carbocycles. The number of nitrogens with one attached hydrogen (secondary N) is 2. The number of anilines is 3. The largest absolute Gasteiger partial charge is 0.354 e. The van der Waals surface area contributed by atoms with Crippen LogP contribution in [0.15, 0.2) is 53.9 Å². The molecule has 0 saturated carbocycles. The van der Waals surface area contributed by atoms with Crippen LogP contribution in [0.4, 0.5) is 21.5 Å². The van der Waals surface area contributed by atoms with Gasteiger partial charge in [-0.3, -0.25) is 9.59 Å². The lowest BCUT2D eigenvalue weighted by Gasteiger charge is -2.21. The quantitative estimate of drug-likeness (QED) is 0.483. The number of rotatable bonds is 6. The molecule has 0 radical (unpaired) electrons. The van der Waals surface area contributed by atoms with E-state index in [4.69, 9.17) is 11.6 Å². The summed E-state index contributed by atoms with van der Waals surface area (Å²) in [6.07, 6.45) is 0.